The van der Waals surface area contributed by atoms with Crippen molar-refractivity contribution < 1.29 is 4.74 Å². The van der Waals surface area contributed by atoms with E-state index < -0.39 is 0 Å². The van der Waals surface area contributed by atoms with Crippen LogP contribution in [0.2, 0.25) is 0 Å². The molecule has 1 atom stereocenters. The number of unbranched alkanes of at least 4 members (excludes halogenated alkanes) is 2. The normalized spacial score (nSPS) is 12.4. The van der Waals surface area contributed by atoms with Crippen molar-refractivity contribution in [2.45, 2.75) is 38.7 Å². The molecule has 70 valence electrons. The van der Waals surface area contributed by atoms with Crippen molar-refractivity contribution in [3.63, 3.8) is 0 Å². The molecule has 0 saturated heterocycles. The smallest absolute Gasteiger partial charge is 0.145 e. The van der Waals surface area contributed by atoms with E-state index in [1.807, 2.05) is 0 Å². The molecule has 12 heavy (non-hydrogen) atoms. The van der Waals surface area contributed by atoms with E-state index in [4.69, 9.17) is 21.6 Å². The Morgan fingerprint density at radius 2 is 2.25 bits per heavy atom. The van der Waals surface area contributed by atoms with Gasteiger partial charge in [0.2, 0.25) is 0 Å². The molecule has 0 amide bonds. The van der Waals surface area contributed by atoms with Crippen LogP contribution in [0.5, 0.6) is 0 Å². The number of halogens is 1. The molecule has 0 N–H and O–H groups in total. The van der Waals surface area contributed by atoms with Crippen LogP contribution in [0, 0.1) is 11.3 Å². The molecule has 0 aromatic carbocycles. The molecular weight excluding hydrogens is 174 g/mol. The number of nitrogens with zero attached hydrogens (tertiary/aromatic N) is 1. The third-order valence-corrected chi connectivity index (χ3v) is 1.80. The van der Waals surface area contributed by atoms with Crippen molar-refractivity contribution in [1.29, 1.82) is 5.26 Å². The van der Waals surface area contributed by atoms with E-state index >= 15 is 0 Å². The maximum Gasteiger partial charge on any atom is 0.145 e. The second kappa shape index (κ2) is 8.83. The summed E-state index contributed by atoms with van der Waals surface area (Å²) in [6.07, 6.45) is 3.70. The Labute approximate surface area is 79.5 Å². The van der Waals surface area contributed by atoms with Crippen molar-refractivity contribution in [1.82, 2.24) is 0 Å². The SMILES string of the molecule is CCCCCOC(C#N)CCCl. The van der Waals surface area contributed by atoms with Gasteiger partial charge in [-0.3, -0.25) is 0 Å². The molecule has 0 aromatic heterocycles. The highest BCUT2D eigenvalue weighted by Gasteiger charge is 2.04. The average molecular weight is 190 g/mol. The molecule has 0 aliphatic carbocycles. The van der Waals surface area contributed by atoms with Crippen molar-refractivity contribution in [3.05, 3.63) is 0 Å². The molecule has 0 aliphatic rings. The van der Waals surface area contributed by atoms with Crippen LogP contribution in [-0.4, -0.2) is 18.6 Å². The number of alkyl halides is 1. The van der Waals surface area contributed by atoms with Crippen LogP contribution in [0.4, 0.5) is 0 Å². The molecular formula is C9H16ClNO. The summed E-state index contributed by atoms with van der Waals surface area (Å²) in [6, 6.07) is 2.07. The minimum Gasteiger partial charge on any atom is -0.363 e. The summed E-state index contributed by atoms with van der Waals surface area (Å²) in [5.41, 5.74) is 0. The highest BCUT2D eigenvalue weighted by Crippen LogP contribution is 2.02. The Morgan fingerprint density at radius 1 is 1.50 bits per heavy atom. The first-order valence-corrected chi connectivity index (χ1v) is 4.95. The molecule has 3 heteroatoms. The van der Waals surface area contributed by atoms with Crippen LogP contribution < -0.4 is 0 Å². The van der Waals surface area contributed by atoms with Crippen LogP contribution in [0.1, 0.15) is 32.6 Å². The maximum atomic E-state index is 8.58. The first kappa shape index (κ1) is 11.7. The Hall–Kier alpha value is -0.260. The zero-order valence-corrected chi connectivity index (χ0v) is 8.31. The molecule has 0 heterocycles. The van der Waals surface area contributed by atoms with Crippen LogP contribution >= 0.6 is 11.6 Å². The highest BCUT2D eigenvalue weighted by molar-refractivity contribution is 6.17. The fourth-order valence-corrected chi connectivity index (χ4v) is 1.06. The third-order valence-electron chi connectivity index (χ3n) is 1.58. The van der Waals surface area contributed by atoms with Crippen molar-refractivity contribution in [2.24, 2.45) is 0 Å². The van der Waals surface area contributed by atoms with Gasteiger partial charge in [0.15, 0.2) is 0 Å². The quantitative estimate of drug-likeness (QED) is 0.456. The van der Waals surface area contributed by atoms with Gasteiger partial charge in [0, 0.05) is 18.9 Å². The fourth-order valence-electron chi connectivity index (χ4n) is 0.862. The average Bonchev–Trinajstić information content (AvgIpc) is 2.10. The Balaban J connectivity index is 3.27. The topological polar surface area (TPSA) is 33.0 Å². The summed E-state index contributed by atoms with van der Waals surface area (Å²) in [6.45, 7) is 2.82. The van der Waals surface area contributed by atoms with E-state index in [0.717, 1.165) is 6.42 Å². The molecule has 0 bridgehead atoms. The molecule has 0 aliphatic heterocycles. The largest absolute Gasteiger partial charge is 0.363 e. The van der Waals surface area contributed by atoms with Gasteiger partial charge in [0.25, 0.3) is 0 Å². The predicted octanol–water partition coefficient (Wildman–Crippen LogP) is 2.71. The van der Waals surface area contributed by atoms with Gasteiger partial charge in [0.05, 0.1) is 6.07 Å². The number of ether oxygens (including phenoxy) is 1. The summed E-state index contributed by atoms with van der Waals surface area (Å²) in [5.74, 6) is 0.492. The number of hydrogen-bond donors (Lipinski definition) is 0. The summed E-state index contributed by atoms with van der Waals surface area (Å²) in [5, 5.41) is 8.58. The van der Waals surface area contributed by atoms with E-state index in [-0.39, 0.29) is 6.10 Å². The van der Waals surface area contributed by atoms with E-state index in [0.29, 0.717) is 18.9 Å². The van der Waals surface area contributed by atoms with E-state index in [1.54, 1.807) is 0 Å². The Kier molecular flexibility index (Phi) is 8.64. The third kappa shape index (κ3) is 6.45. The molecule has 0 fully saturated rings. The predicted molar refractivity (Wildman–Crippen MR) is 50.2 cm³/mol. The molecule has 0 rings (SSSR count). The van der Waals surface area contributed by atoms with Gasteiger partial charge in [-0.15, -0.1) is 11.6 Å². The van der Waals surface area contributed by atoms with Crippen LogP contribution in [0.15, 0.2) is 0 Å². The second-order valence-corrected chi connectivity index (χ2v) is 3.05. The molecule has 0 aromatic rings. The molecule has 0 spiro atoms. The summed E-state index contributed by atoms with van der Waals surface area (Å²) in [4.78, 5) is 0. The standard InChI is InChI=1S/C9H16ClNO/c1-2-3-4-7-12-9(8-11)5-6-10/h9H,2-7H2,1H3. The Morgan fingerprint density at radius 3 is 2.75 bits per heavy atom. The second-order valence-electron chi connectivity index (χ2n) is 2.67. The lowest BCUT2D eigenvalue weighted by atomic mass is 10.2. The number of rotatable bonds is 7. The molecule has 0 radical (unpaired) electrons. The zero-order chi connectivity index (χ0) is 9.23. The lowest BCUT2D eigenvalue weighted by Crippen LogP contribution is -2.11. The minimum atomic E-state index is -0.306. The molecule has 1 unspecified atom stereocenters. The van der Waals surface area contributed by atoms with Crippen molar-refractivity contribution in [2.75, 3.05) is 12.5 Å². The van der Waals surface area contributed by atoms with Gasteiger partial charge in [-0.05, 0) is 6.42 Å². The van der Waals surface area contributed by atoms with Crippen LogP contribution in [0.3, 0.4) is 0 Å². The molecule has 0 saturated carbocycles. The van der Waals surface area contributed by atoms with Gasteiger partial charge in [-0.2, -0.15) is 5.26 Å². The highest BCUT2D eigenvalue weighted by atomic mass is 35.5. The van der Waals surface area contributed by atoms with Crippen LogP contribution in [0.25, 0.3) is 0 Å². The first-order chi connectivity index (χ1) is 5.85. The number of nitriles is 1. The molecule has 2 nitrogen and oxygen atoms in total. The fraction of sp³-hybridized carbons (Fsp3) is 0.889. The monoisotopic (exact) mass is 189 g/mol. The lowest BCUT2D eigenvalue weighted by molar-refractivity contribution is 0.0851. The minimum absolute atomic E-state index is 0.306. The van der Waals surface area contributed by atoms with Crippen LogP contribution in [-0.2, 0) is 4.74 Å². The van der Waals surface area contributed by atoms with Gasteiger partial charge in [0.1, 0.15) is 6.10 Å². The van der Waals surface area contributed by atoms with Gasteiger partial charge in [-0.1, -0.05) is 19.8 Å². The van der Waals surface area contributed by atoms with E-state index in [9.17, 15) is 0 Å². The van der Waals surface area contributed by atoms with Crippen molar-refractivity contribution >= 4 is 11.6 Å². The summed E-state index contributed by atoms with van der Waals surface area (Å²) in [7, 11) is 0. The van der Waals surface area contributed by atoms with Gasteiger partial charge in [-0.25, -0.2) is 0 Å². The van der Waals surface area contributed by atoms with E-state index in [1.165, 1.54) is 12.8 Å². The summed E-state index contributed by atoms with van der Waals surface area (Å²) >= 11 is 5.48. The van der Waals surface area contributed by atoms with E-state index in [2.05, 4.69) is 13.0 Å². The van der Waals surface area contributed by atoms with Gasteiger partial charge < -0.3 is 4.74 Å². The lowest BCUT2D eigenvalue weighted by Gasteiger charge is -2.07. The zero-order valence-electron chi connectivity index (χ0n) is 7.55. The summed E-state index contributed by atoms with van der Waals surface area (Å²) < 4.78 is 5.29. The number of hydrogen-bond acceptors (Lipinski definition) is 2. The maximum absolute atomic E-state index is 8.58. The Bertz CT molecular complexity index is 133. The first-order valence-electron chi connectivity index (χ1n) is 4.42. The van der Waals surface area contributed by atoms with Gasteiger partial charge >= 0.3 is 0 Å². The van der Waals surface area contributed by atoms with Crippen molar-refractivity contribution in [3.8, 4) is 6.07 Å².